The highest BCUT2D eigenvalue weighted by atomic mass is 32.1. The quantitative estimate of drug-likeness (QED) is 0.238. The number of methoxy groups -OCH3 is 1. The van der Waals surface area contributed by atoms with Crippen molar-refractivity contribution in [1.82, 2.24) is 14.8 Å². The molecule has 0 atom stereocenters. The van der Waals surface area contributed by atoms with Crippen LogP contribution >= 0.6 is 11.3 Å². The van der Waals surface area contributed by atoms with Crippen molar-refractivity contribution in [3.63, 3.8) is 0 Å². The molecule has 0 unspecified atom stereocenters. The van der Waals surface area contributed by atoms with Crippen molar-refractivity contribution in [2.24, 2.45) is 10.2 Å². The first-order valence-electron chi connectivity index (χ1n) is 11.6. The lowest BCUT2D eigenvalue weighted by Crippen LogP contribution is -2.13. The fourth-order valence-corrected chi connectivity index (χ4v) is 4.86. The van der Waals surface area contributed by atoms with Gasteiger partial charge in [-0.3, -0.25) is 9.89 Å². The fourth-order valence-electron chi connectivity index (χ4n) is 4.07. The molecule has 1 N–H and O–H groups in total. The van der Waals surface area contributed by atoms with E-state index in [0.29, 0.717) is 16.5 Å². The number of azo groups is 1. The van der Waals surface area contributed by atoms with Crippen molar-refractivity contribution >= 4 is 33.5 Å². The van der Waals surface area contributed by atoms with Gasteiger partial charge in [0.1, 0.15) is 5.75 Å². The van der Waals surface area contributed by atoms with Crippen LogP contribution in [0.4, 0.5) is 11.4 Å². The van der Waals surface area contributed by atoms with E-state index >= 15 is 0 Å². The molecule has 6 rings (SSSR count). The topological polar surface area (TPSA) is 84.6 Å². The van der Waals surface area contributed by atoms with E-state index in [4.69, 9.17) is 9.72 Å². The second-order valence-corrected chi connectivity index (χ2v) is 9.15. The average Bonchev–Trinajstić information content (AvgIpc) is 3.57. The minimum absolute atomic E-state index is 0.223. The molecule has 37 heavy (non-hydrogen) atoms. The zero-order valence-electron chi connectivity index (χ0n) is 19.8. The standard InChI is InChI=1S/C29H21N5O2S/c1-36-24-15-12-20(13-16-24)25-18-37-29(30-25)34-28(35)27(26(33-34)21-8-3-2-4-9-21)32-31-23-14-11-19-7-5-6-10-22(19)17-23/h2-18,33H,1H3. The molecule has 2 heterocycles. The third kappa shape index (κ3) is 4.46. The zero-order valence-corrected chi connectivity index (χ0v) is 20.6. The van der Waals surface area contributed by atoms with E-state index in [1.807, 2.05) is 102 Å². The maximum absolute atomic E-state index is 13.6. The van der Waals surface area contributed by atoms with E-state index in [1.54, 1.807) is 7.11 Å². The van der Waals surface area contributed by atoms with Crippen LogP contribution in [-0.4, -0.2) is 21.9 Å². The van der Waals surface area contributed by atoms with Crippen LogP contribution in [0.1, 0.15) is 0 Å². The van der Waals surface area contributed by atoms with Crippen LogP contribution in [0.5, 0.6) is 5.75 Å². The Morgan fingerprint density at radius 3 is 2.38 bits per heavy atom. The molecule has 6 aromatic rings. The molecule has 0 saturated carbocycles. The number of H-pyrrole nitrogens is 1. The van der Waals surface area contributed by atoms with Gasteiger partial charge < -0.3 is 4.74 Å². The van der Waals surface area contributed by atoms with Gasteiger partial charge in [-0.25, -0.2) is 4.98 Å². The number of rotatable bonds is 6. The van der Waals surface area contributed by atoms with E-state index in [-0.39, 0.29) is 11.2 Å². The summed E-state index contributed by atoms with van der Waals surface area (Å²) in [5, 5.41) is 16.6. The van der Waals surface area contributed by atoms with E-state index in [0.717, 1.165) is 33.3 Å². The number of nitrogens with zero attached hydrogens (tertiary/aromatic N) is 4. The first-order chi connectivity index (χ1) is 18.2. The van der Waals surface area contributed by atoms with Gasteiger partial charge in [-0.1, -0.05) is 60.7 Å². The summed E-state index contributed by atoms with van der Waals surface area (Å²) in [4.78, 5) is 18.3. The summed E-state index contributed by atoms with van der Waals surface area (Å²) in [7, 11) is 1.63. The number of aromatic amines is 1. The molecule has 0 radical (unpaired) electrons. The first kappa shape index (κ1) is 22.6. The summed E-state index contributed by atoms with van der Waals surface area (Å²) in [5.41, 5.74) is 3.68. The molecule has 0 spiro atoms. The van der Waals surface area contributed by atoms with E-state index in [9.17, 15) is 4.79 Å². The molecule has 0 aliphatic rings. The minimum Gasteiger partial charge on any atom is -0.497 e. The second kappa shape index (κ2) is 9.67. The Hall–Kier alpha value is -4.82. The summed E-state index contributed by atoms with van der Waals surface area (Å²) in [6, 6.07) is 31.1. The summed E-state index contributed by atoms with van der Waals surface area (Å²) < 4.78 is 6.67. The van der Waals surface area contributed by atoms with Gasteiger partial charge in [-0.2, -0.15) is 9.80 Å². The van der Waals surface area contributed by atoms with Crippen LogP contribution in [0, 0.1) is 0 Å². The van der Waals surface area contributed by atoms with Crippen LogP contribution in [-0.2, 0) is 0 Å². The number of aromatic nitrogens is 3. The van der Waals surface area contributed by atoms with Gasteiger partial charge in [-0.15, -0.1) is 16.5 Å². The molecular weight excluding hydrogens is 482 g/mol. The monoisotopic (exact) mass is 503 g/mol. The summed E-state index contributed by atoms with van der Waals surface area (Å²) >= 11 is 1.37. The normalized spacial score (nSPS) is 11.4. The maximum Gasteiger partial charge on any atom is 0.301 e. The smallest absolute Gasteiger partial charge is 0.301 e. The summed E-state index contributed by atoms with van der Waals surface area (Å²) in [5.74, 6) is 0.772. The van der Waals surface area contributed by atoms with Gasteiger partial charge in [0, 0.05) is 16.5 Å². The molecule has 8 heteroatoms. The van der Waals surface area contributed by atoms with Crippen molar-refractivity contribution in [3.8, 4) is 33.4 Å². The molecule has 7 nitrogen and oxygen atoms in total. The third-order valence-corrected chi connectivity index (χ3v) is 6.82. The average molecular weight is 504 g/mol. The van der Waals surface area contributed by atoms with Gasteiger partial charge in [0.15, 0.2) is 5.69 Å². The van der Waals surface area contributed by atoms with Crippen molar-refractivity contribution in [3.05, 3.63) is 113 Å². The molecule has 0 saturated heterocycles. The number of nitrogens with one attached hydrogen (secondary N) is 1. The Morgan fingerprint density at radius 2 is 1.59 bits per heavy atom. The van der Waals surface area contributed by atoms with Crippen LogP contribution in [0.25, 0.3) is 38.4 Å². The highest BCUT2D eigenvalue weighted by molar-refractivity contribution is 7.12. The SMILES string of the molecule is COc1ccc(-c2csc(-n3[nH]c(-c4ccccc4)c(N=Nc4ccc5ccccc5c4)c3=O)n2)cc1. The zero-order chi connectivity index (χ0) is 25.2. The van der Waals surface area contributed by atoms with Gasteiger partial charge in [0.2, 0.25) is 5.13 Å². The first-order valence-corrected chi connectivity index (χ1v) is 12.5. The van der Waals surface area contributed by atoms with Gasteiger partial charge >= 0.3 is 5.56 Å². The molecular formula is C29H21N5O2S. The number of ether oxygens (including phenoxy) is 1. The third-order valence-electron chi connectivity index (χ3n) is 6.00. The predicted molar refractivity (Wildman–Crippen MR) is 148 cm³/mol. The maximum atomic E-state index is 13.6. The van der Waals surface area contributed by atoms with Crippen molar-refractivity contribution in [2.75, 3.05) is 7.11 Å². The Bertz CT molecular complexity index is 1780. The van der Waals surface area contributed by atoms with E-state index in [2.05, 4.69) is 15.3 Å². The Balaban J connectivity index is 1.41. The Labute approximate surface area is 216 Å². The molecule has 0 fully saturated rings. The van der Waals surface area contributed by atoms with E-state index < -0.39 is 0 Å². The number of hydrogen-bond donors (Lipinski definition) is 1. The molecule has 0 bridgehead atoms. The van der Waals surface area contributed by atoms with Crippen LogP contribution in [0.3, 0.4) is 0 Å². The molecule has 0 amide bonds. The van der Waals surface area contributed by atoms with E-state index in [1.165, 1.54) is 16.0 Å². The lowest BCUT2D eigenvalue weighted by molar-refractivity contribution is 0.415. The van der Waals surface area contributed by atoms with Gasteiger partial charge in [-0.05, 0) is 47.2 Å². The van der Waals surface area contributed by atoms with Gasteiger partial charge in [0.25, 0.3) is 0 Å². The molecule has 2 aromatic heterocycles. The van der Waals surface area contributed by atoms with Crippen LogP contribution < -0.4 is 10.3 Å². The molecule has 4 aromatic carbocycles. The highest BCUT2D eigenvalue weighted by Crippen LogP contribution is 2.31. The van der Waals surface area contributed by atoms with Crippen molar-refractivity contribution in [2.45, 2.75) is 0 Å². The lowest BCUT2D eigenvalue weighted by Gasteiger charge is -2.00. The van der Waals surface area contributed by atoms with Crippen molar-refractivity contribution < 1.29 is 4.74 Å². The molecule has 0 aliphatic heterocycles. The largest absolute Gasteiger partial charge is 0.497 e. The highest BCUT2D eigenvalue weighted by Gasteiger charge is 2.19. The van der Waals surface area contributed by atoms with Gasteiger partial charge in [0.05, 0.1) is 24.2 Å². The molecule has 0 aliphatic carbocycles. The second-order valence-electron chi connectivity index (χ2n) is 8.32. The molecule has 180 valence electrons. The lowest BCUT2D eigenvalue weighted by atomic mass is 10.1. The number of fused-ring (bicyclic) bond motifs is 1. The summed E-state index contributed by atoms with van der Waals surface area (Å²) in [6.45, 7) is 0. The Morgan fingerprint density at radius 1 is 0.838 bits per heavy atom. The van der Waals surface area contributed by atoms with Crippen LogP contribution in [0.2, 0.25) is 0 Å². The minimum atomic E-state index is -0.320. The van der Waals surface area contributed by atoms with Crippen LogP contribution in [0.15, 0.2) is 117 Å². The fraction of sp³-hybridized carbons (Fsp3) is 0.0345. The summed E-state index contributed by atoms with van der Waals surface area (Å²) in [6.07, 6.45) is 0. The predicted octanol–water partition coefficient (Wildman–Crippen LogP) is 7.53. The Kier molecular flexibility index (Phi) is 5.92. The number of benzene rings is 4. The van der Waals surface area contributed by atoms with Crippen molar-refractivity contribution in [1.29, 1.82) is 0 Å². The number of hydrogen-bond acceptors (Lipinski definition) is 6. The number of thiazole rings is 1.